The fraction of sp³-hybridized carbons (Fsp3) is 0.455. The van der Waals surface area contributed by atoms with E-state index >= 15 is 0 Å². The molecule has 0 saturated carbocycles. The number of nitrogens with zero attached hydrogens (tertiary/aromatic N) is 2. The van der Waals surface area contributed by atoms with Gasteiger partial charge in [-0.1, -0.05) is 13.3 Å². The SMILES string of the molecule is CCCC(C#N)C(O)c1ccncc1. The molecule has 0 fully saturated rings. The van der Waals surface area contributed by atoms with Crippen molar-refractivity contribution in [3.05, 3.63) is 30.1 Å². The molecule has 0 aliphatic rings. The standard InChI is InChI=1S/C11H14N2O/c1-2-3-10(8-12)11(14)9-4-6-13-7-5-9/h4-7,10-11,14H,2-3H2,1H3. The van der Waals surface area contributed by atoms with Crippen LogP contribution in [0, 0.1) is 17.2 Å². The number of hydrogen-bond donors (Lipinski definition) is 1. The highest BCUT2D eigenvalue weighted by atomic mass is 16.3. The molecular weight excluding hydrogens is 176 g/mol. The van der Waals surface area contributed by atoms with Crippen LogP contribution in [0.2, 0.25) is 0 Å². The van der Waals surface area contributed by atoms with Gasteiger partial charge in [0, 0.05) is 12.4 Å². The van der Waals surface area contributed by atoms with Crippen LogP contribution in [-0.4, -0.2) is 10.1 Å². The zero-order valence-corrected chi connectivity index (χ0v) is 8.22. The number of pyridine rings is 1. The molecule has 2 atom stereocenters. The molecule has 0 aromatic carbocycles. The van der Waals surface area contributed by atoms with Gasteiger partial charge < -0.3 is 5.11 Å². The van der Waals surface area contributed by atoms with Crippen LogP contribution < -0.4 is 0 Å². The summed E-state index contributed by atoms with van der Waals surface area (Å²) in [7, 11) is 0. The van der Waals surface area contributed by atoms with E-state index in [2.05, 4.69) is 11.1 Å². The lowest BCUT2D eigenvalue weighted by Crippen LogP contribution is -2.10. The molecule has 0 bridgehead atoms. The van der Waals surface area contributed by atoms with Crippen molar-refractivity contribution in [3.63, 3.8) is 0 Å². The second kappa shape index (κ2) is 5.36. The molecule has 1 heterocycles. The molecule has 3 heteroatoms. The molecule has 14 heavy (non-hydrogen) atoms. The Morgan fingerprint density at radius 2 is 2.14 bits per heavy atom. The molecule has 0 saturated heterocycles. The van der Waals surface area contributed by atoms with Gasteiger partial charge in [-0.25, -0.2) is 0 Å². The minimum Gasteiger partial charge on any atom is -0.387 e. The number of aliphatic hydroxyl groups excluding tert-OH is 1. The van der Waals surface area contributed by atoms with E-state index in [-0.39, 0.29) is 5.92 Å². The normalized spacial score (nSPS) is 14.4. The third-order valence-electron chi connectivity index (χ3n) is 2.19. The van der Waals surface area contributed by atoms with Gasteiger partial charge >= 0.3 is 0 Å². The molecule has 0 amide bonds. The summed E-state index contributed by atoms with van der Waals surface area (Å²) in [4.78, 5) is 3.86. The topological polar surface area (TPSA) is 56.9 Å². The summed E-state index contributed by atoms with van der Waals surface area (Å²) < 4.78 is 0. The van der Waals surface area contributed by atoms with Gasteiger partial charge in [0.25, 0.3) is 0 Å². The smallest absolute Gasteiger partial charge is 0.0949 e. The predicted octanol–water partition coefficient (Wildman–Crippen LogP) is 2.05. The van der Waals surface area contributed by atoms with Gasteiger partial charge in [0.15, 0.2) is 0 Å². The first-order chi connectivity index (χ1) is 6.79. The number of aromatic nitrogens is 1. The molecular formula is C11H14N2O. The molecule has 0 radical (unpaired) electrons. The minimum atomic E-state index is -0.692. The second-order valence-electron chi connectivity index (χ2n) is 3.25. The van der Waals surface area contributed by atoms with Crippen LogP contribution >= 0.6 is 0 Å². The van der Waals surface area contributed by atoms with Crippen molar-refractivity contribution in [1.82, 2.24) is 4.98 Å². The summed E-state index contributed by atoms with van der Waals surface area (Å²) in [5, 5.41) is 18.7. The first-order valence-electron chi connectivity index (χ1n) is 4.77. The minimum absolute atomic E-state index is 0.317. The van der Waals surface area contributed by atoms with Crippen LogP contribution in [0.4, 0.5) is 0 Å². The monoisotopic (exact) mass is 190 g/mol. The molecule has 0 aliphatic heterocycles. The Labute approximate surface area is 84.0 Å². The lowest BCUT2D eigenvalue weighted by atomic mass is 9.94. The highest BCUT2D eigenvalue weighted by Crippen LogP contribution is 2.24. The Morgan fingerprint density at radius 1 is 1.50 bits per heavy atom. The van der Waals surface area contributed by atoms with Crippen molar-refractivity contribution in [1.29, 1.82) is 5.26 Å². The quantitative estimate of drug-likeness (QED) is 0.790. The zero-order valence-electron chi connectivity index (χ0n) is 8.22. The summed E-state index contributed by atoms with van der Waals surface area (Å²) in [5.41, 5.74) is 0.764. The average Bonchev–Trinajstić information content (AvgIpc) is 2.26. The Kier molecular flexibility index (Phi) is 4.09. The van der Waals surface area contributed by atoms with E-state index < -0.39 is 6.10 Å². The fourth-order valence-electron chi connectivity index (χ4n) is 1.40. The zero-order chi connectivity index (χ0) is 10.4. The van der Waals surface area contributed by atoms with Crippen LogP contribution in [0.1, 0.15) is 31.4 Å². The van der Waals surface area contributed by atoms with Crippen LogP contribution in [0.25, 0.3) is 0 Å². The molecule has 0 aliphatic carbocycles. The maximum Gasteiger partial charge on any atom is 0.0949 e. The van der Waals surface area contributed by atoms with Crippen LogP contribution in [0.15, 0.2) is 24.5 Å². The highest BCUT2D eigenvalue weighted by molar-refractivity contribution is 5.15. The molecule has 1 N–H and O–H groups in total. The number of hydrogen-bond acceptors (Lipinski definition) is 3. The first kappa shape index (κ1) is 10.7. The van der Waals surface area contributed by atoms with Gasteiger partial charge in [0.2, 0.25) is 0 Å². The van der Waals surface area contributed by atoms with E-state index in [1.165, 1.54) is 0 Å². The highest BCUT2D eigenvalue weighted by Gasteiger charge is 2.19. The molecule has 1 aromatic heterocycles. The van der Waals surface area contributed by atoms with E-state index in [1.807, 2.05) is 6.92 Å². The summed E-state index contributed by atoms with van der Waals surface area (Å²) in [6.45, 7) is 2.00. The van der Waals surface area contributed by atoms with Crippen molar-refractivity contribution in [2.24, 2.45) is 5.92 Å². The van der Waals surface area contributed by atoms with E-state index in [0.29, 0.717) is 0 Å². The average molecular weight is 190 g/mol. The fourth-order valence-corrected chi connectivity index (χ4v) is 1.40. The van der Waals surface area contributed by atoms with Gasteiger partial charge in [-0.3, -0.25) is 4.98 Å². The van der Waals surface area contributed by atoms with Crippen molar-refractivity contribution >= 4 is 0 Å². The van der Waals surface area contributed by atoms with Crippen molar-refractivity contribution in [2.45, 2.75) is 25.9 Å². The van der Waals surface area contributed by atoms with Crippen LogP contribution in [-0.2, 0) is 0 Å². The van der Waals surface area contributed by atoms with Crippen molar-refractivity contribution in [3.8, 4) is 6.07 Å². The maximum atomic E-state index is 9.86. The van der Waals surface area contributed by atoms with Crippen LogP contribution in [0.3, 0.4) is 0 Å². The van der Waals surface area contributed by atoms with E-state index in [0.717, 1.165) is 18.4 Å². The number of aliphatic hydroxyl groups is 1. The molecule has 1 rings (SSSR count). The lowest BCUT2D eigenvalue weighted by molar-refractivity contribution is 0.130. The molecule has 0 spiro atoms. The van der Waals surface area contributed by atoms with Crippen molar-refractivity contribution < 1.29 is 5.11 Å². The Hall–Kier alpha value is -1.40. The Balaban J connectivity index is 2.74. The third-order valence-corrected chi connectivity index (χ3v) is 2.19. The second-order valence-corrected chi connectivity index (χ2v) is 3.25. The predicted molar refractivity (Wildman–Crippen MR) is 53.2 cm³/mol. The summed E-state index contributed by atoms with van der Waals surface area (Å²) in [6.07, 6.45) is 4.18. The first-order valence-corrected chi connectivity index (χ1v) is 4.77. The van der Waals surface area contributed by atoms with E-state index in [4.69, 9.17) is 5.26 Å². The summed E-state index contributed by atoms with van der Waals surface area (Å²) in [6, 6.07) is 5.61. The molecule has 1 aromatic rings. The number of rotatable bonds is 4. The molecule has 3 nitrogen and oxygen atoms in total. The third kappa shape index (κ3) is 2.54. The molecule has 2 unspecified atom stereocenters. The van der Waals surface area contributed by atoms with Crippen LogP contribution in [0.5, 0.6) is 0 Å². The van der Waals surface area contributed by atoms with Gasteiger partial charge in [0.1, 0.15) is 0 Å². The Morgan fingerprint density at radius 3 is 2.64 bits per heavy atom. The maximum absolute atomic E-state index is 9.86. The van der Waals surface area contributed by atoms with E-state index in [1.54, 1.807) is 24.5 Å². The Bertz CT molecular complexity index is 305. The van der Waals surface area contributed by atoms with Crippen molar-refractivity contribution in [2.75, 3.05) is 0 Å². The largest absolute Gasteiger partial charge is 0.387 e. The van der Waals surface area contributed by atoms with Gasteiger partial charge in [-0.2, -0.15) is 5.26 Å². The molecule has 74 valence electrons. The van der Waals surface area contributed by atoms with Gasteiger partial charge in [-0.15, -0.1) is 0 Å². The van der Waals surface area contributed by atoms with Gasteiger partial charge in [0.05, 0.1) is 18.1 Å². The van der Waals surface area contributed by atoms with Gasteiger partial charge in [-0.05, 0) is 24.1 Å². The lowest BCUT2D eigenvalue weighted by Gasteiger charge is -2.15. The number of nitriles is 1. The summed E-state index contributed by atoms with van der Waals surface area (Å²) in [5.74, 6) is -0.317. The van der Waals surface area contributed by atoms with E-state index in [9.17, 15) is 5.11 Å². The summed E-state index contributed by atoms with van der Waals surface area (Å²) >= 11 is 0.